The first-order valence-corrected chi connectivity index (χ1v) is 5.61. The molecule has 0 radical (unpaired) electrons. The van der Waals surface area contributed by atoms with E-state index in [0.717, 1.165) is 13.0 Å². The zero-order chi connectivity index (χ0) is 11.0. The quantitative estimate of drug-likeness (QED) is 0.530. The van der Waals surface area contributed by atoms with Crippen LogP contribution < -0.4 is 5.32 Å². The second kappa shape index (κ2) is 7.27. The number of halogens is 1. The van der Waals surface area contributed by atoms with Crippen LogP contribution in [0.5, 0.6) is 0 Å². The first-order chi connectivity index (χ1) is 6.52. The molecule has 0 aromatic heterocycles. The molecule has 14 heavy (non-hydrogen) atoms. The molecule has 2 nitrogen and oxygen atoms in total. The number of alkyl halides is 1. The molecule has 0 spiro atoms. The van der Waals surface area contributed by atoms with Crippen LogP contribution in [0.15, 0.2) is 12.2 Å². The van der Waals surface area contributed by atoms with Crippen LogP contribution in [0.4, 0.5) is 0 Å². The monoisotopic (exact) mass is 219 g/mol. The van der Waals surface area contributed by atoms with Crippen molar-refractivity contribution >= 4 is 11.6 Å². The SMILES string of the molecule is CC(C)(C)C(CCO)NC/C=C/CCl. The first kappa shape index (κ1) is 13.9. The van der Waals surface area contributed by atoms with Crippen LogP contribution in [0.1, 0.15) is 27.2 Å². The number of aliphatic hydroxyl groups is 1. The standard InChI is InChI=1S/C11H22ClNO/c1-11(2,3)10(6-9-14)13-8-5-4-7-12/h4-5,10,13-14H,6-9H2,1-3H3/b5-4+. The Morgan fingerprint density at radius 3 is 2.43 bits per heavy atom. The van der Waals surface area contributed by atoms with Gasteiger partial charge in [0, 0.05) is 25.1 Å². The summed E-state index contributed by atoms with van der Waals surface area (Å²) in [5.74, 6) is 0.557. The molecule has 0 heterocycles. The van der Waals surface area contributed by atoms with Gasteiger partial charge in [0.15, 0.2) is 0 Å². The van der Waals surface area contributed by atoms with Crippen molar-refractivity contribution in [2.45, 2.75) is 33.2 Å². The number of hydrogen-bond donors (Lipinski definition) is 2. The molecule has 0 rings (SSSR count). The summed E-state index contributed by atoms with van der Waals surface area (Å²) < 4.78 is 0. The van der Waals surface area contributed by atoms with E-state index in [-0.39, 0.29) is 12.0 Å². The zero-order valence-corrected chi connectivity index (χ0v) is 10.1. The van der Waals surface area contributed by atoms with Gasteiger partial charge < -0.3 is 10.4 Å². The van der Waals surface area contributed by atoms with Gasteiger partial charge in [-0.1, -0.05) is 32.9 Å². The highest BCUT2D eigenvalue weighted by molar-refractivity contribution is 6.18. The van der Waals surface area contributed by atoms with Gasteiger partial charge >= 0.3 is 0 Å². The van der Waals surface area contributed by atoms with Crippen LogP contribution in [0.25, 0.3) is 0 Å². The molecule has 0 aliphatic heterocycles. The normalized spacial score (nSPS) is 14.9. The predicted octanol–water partition coefficient (Wildman–Crippen LogP) is 2.17. The minimum absolute atomic E-state index is 0.178. The highest BCUT2D eigenvalue weighted by atomic mass is 35.5. The lowest BCUT2D eigenvalue weighted by atomic mass is 9.85. The molecular weight excluding hydrogens is 198 g/mol. The van der Waals surface area contributed by atoms with Crippen molar-refractivity contribution in [1.29, 1.82) is 0 Å². The highest BCUT2D eigenvalue weighted by Crippen LogP contribution is 2.21. The summed E-state index contributed by atoms with van der Waals surface area (Å²) >= 11 is 5.51. The second-order valence-electron chi connectivity index (χ2n) is 4.46. The minimum atomic E-state index is 0.178. The maximum absolute atomic E-state index is 8.92. The summed E-state index contributed by atoms with van der Waals surface area (Å²) in [5, 5.41) is 12.3. The van der Waals surface area contributed by atoms with Crippen molar-refractivity contribution in [1.82, 2.24) is 5.32 Å². The molecule has 0 aliphatic rings. The maximum Gasteiger partial charge on any atom is 0.0446 e. The third kappa shape index (κ3) is 6.41. The number of rotatable bonds is 6. The summed E-state index contributed by atoms with van der Waals surface area (Å²) in [5.41, 5.74) is 0.178. The summed E-state index contributed by atoms with van der Waals surface area (Å²) in [6, 6.07) is 0.340. The van der Waals surface area contributed by atoms with E-state index in [1.54, 1.807) is 0 Å². The van der Waals surface area contributed by atoms with Gasteiger partial charge in [-0.15, -0.1) is 11.6 Å². The molecule has 1 atom stereocenters. The van der Waals surface area contributed by atoms with Crippen molar-refractivity contribution in [2.75, 3.05) is 19.0 Å². The second-order valence-corrected chi connectivity index (χ2v) is 4.77. The number of nitrogens with one attached hydrogen (secondary N) is 1. The average molecular weight is 220 g/mol. The Balaban J connectivity index is 3.91. The van der Waals surface area contributed by atoms with Crippen molar-refractivity contribution in [3.63, 3.8) is 0 Å². The van der Waals surface area contributed by atoms with Crippen LogP contribution in [0, 0.1) is 5.41 Å². The van der Waals surface area contributed by atoms with Gasteiger partial charge in [0.05, 0.1) is 0 Å². The first-order valence-electron chi connectivity index (χ1n) is 5.07. The third-order valence-electron chi connectivity index (χ3n) is 2.20. The molecule has 1 unspecified atom stereocenters. The molecule has 0 aromatic carbocycles. The molecule has 0 aliphatic carbocycles. The molecule has 2 N–H and O–H groups in total. The van der Waals surface area contributed by atoms with Crippen LogP contribution in [-0.4, -0.2) is 30.2 Å². The third-order valence-corrected chi connectivity index (χ3v) is 2.38. The van der Waals surface area contributed by atoms with Gasteiger partial charge in [-0.2, -0.15) is 0 Å². The van der Waals surface area contributed by atoms with E-state index in [4.69, 9.17) is 16.7 Å². The van der Waals surface area contributed by atoms with Crippen LogP contribution >= 0.6 is 11.6 Å². The molecule has 0 saturated carbocycles. The minimum Gasteiger partial charge on any atom is -0.396 e. The van der Waals surface area contributed by atoms with Gasteiger partial charge in [0.25, 0.3) is 0 Å². The lowest BCUT2D eigenvalue weighted by Gasteiger charge is -2.30. The van der Waals surface area contributed by atoms with Crippen LogP contribution in [-0.2, 0) is 0 Å². The molecule has 0 aromatic rings. The van der Waals surface area contributed by atoms with Gasteiger partial charge in [-0.25, -0.2) is 0 Å². The Morgan fingerprint density at radius 1 is 1.36 bits per heavy atom. The lowest BCUT2D eigenvalue weighted by molar-refractivity contribution is 0.201. The molecule has 0 fully saturated rings. The van der Waals surface area contributed by atoms with E-state index in [1.807, 2.05) is 12.2 Å². The number of hydrogen-bond acceptors (Lipinski definition) is 2. The van der Waals surface area contributed by atoms with E-state index in [2.05, 4.69) is 26.1 Å². The van der Waals surface area contributed by atoms with Crippen LogP contribution in [0.3, 0.4) is 0 Å². The maximum atomic E-state index is 8.92. The largest absolute Gasteiger partial charge is 0.396 e. The van der Waals surface area contributed by atoms with Crippen molar-refractivity contribution < 1.29 is 5.11 Å². The summed E-state index contributed by atoms with van der Waals surface area (Å²) in [6.07, 6.45) is 4.73. The predicted molar refractivity (Wildman–Crippen MR) is 62.8 cm³/mol. The molecule has 0 bridgehead atoms. The summed E-state index contributed by atoms with van der Waals surface area (Å²) in [4.78, 5) is 0. The summed E-state index contributed by atoms with van der Waals surface area (Å²) in [7, 11) is 0. The average Bonchev–Trinajstić information content (AvgIpc) is 2.08. The van der Waals surface area contributed by atoms with Crippen molar-refractivity contribution in [2.24, 2.45) is 5.41 Å². The Kier molecular flexibility index (Phi) is 7.24. The molecular formula is C11H22ClNO. The fourth-order valence-electron chi connectivity index (χ4n) is 1.33. The van der Waals surface area contributed by atoms with E-state index in [0.29, 0.717) is 11.9 Å². The Labute approximate surface area is 92.3 Å². The molecule has 84 valence electrons. The molecule has 0 amide bonds. The molecule has 0 saturated heterocycles. The summed E-state index contributed by atoms with van der Waals surface area (Å²) in [6.45, 7) is 7.56. The Bertz CT molecular complexity index is 163. The lowest BCUT2D eigenvalue weighted by Crippen LogP contribution is -2.41. The highest BCUT2D eigenvalue weighted by Gasteiger charge is 2.22. The van der Waals surface area contributed by atoms with Crippen LogP contribution in [0.2, 0.25) is 0 Å². The zero-order valence-electron chi connectivity index (χ0n) is 9.39. The van der Waals surface area contributed by atoms with Gasteiger partial charge in [-0.3, -0.25) is 0 Å². The van der Waals surface area contributed by atoms with Crippen molar-refractivity contribution in [3.8, 4) is 0 Å². The Hall–Kier alpha value is -0.0500. The fourth-order valence-corrected chi connectivity index (χ4v) is 1.45. The van der Waals surface area contributed by atoms with E-state index in [1.165, 1.54) is 0 Å². The van der Waals surface area contributed by atoms with Gasteiger partial charge in [0.1, 0.15) is 0 Å². The fraction of sp³-hybridized carbons (Fsp3) is 0.818. The molecule has 3 heteroatoms. The topological polar surface area (TPSA) is 32.3 Å². The van der Waals surface area contributed by atoms with E-state index in [9.17, 15) is 0 Å². The van der Waals surface area contributed by atoms with E-state index < -0.39 is 0 Å². The Morgan fingerprint density at radius 2 is 2.00 bits per heavy atom. The van der Waals surface area contributed by atoms with Crippen molar-refractivity contribution in [3.05, 3.63) is 12.2 Å². The number of allylic oxidation sites excluding steroid dienone is 1. The van der Waals surface area contributed by atoms with E-state index >= 15 is 0 Å². The van der Waals surface area contributed by atoms with Gasteiger partial charge in [-0.05, 0) is 11.8 Å². The van der Waals surface area contributed by atoms with Gasteiger partial charge in [0.2, 0.25) is 0 Å². The smallest absolute Gasteiger partial charge is 0.0446 e. The number of aliphatic hydroxyl groups excluding tert-OH is 1.